The van der Waals surface area contributed by atoms with Crippen molar-refractivity contribution < 1.29 is 26.3 Å². The number of rotatable bonds is 7. The van der Waals surface area contributed by atoms with Gasteiger partial charge in [-0.25, -0.2) is 9.97 Å². The third kappa shape index (κ3) is 11.8. The molecule has 2 heterocycles. The van der Waals surface area contributed by atoms with E-state index >= 15 is 0 Å². The van der Waals surface area contributed by atoms with Crippen molar-refractivity contribution in [3.05, 3.63) is 126 Å². The van der Waals surface area contributed by atoms with Gasteiger partial charge < -0.3 is 11.1 Å². The van der Waals surface area contributed by atoms with Crippen LogP contribution in [-0.2, 0) is 25.4 Å². The van der Waals surface area contributed by atoms with Gasteiger partial charge in [-0.1, -0.05) is 70.3 Å². The summed E-state index contributed by atoms with van der Waals surface area (Å²) in [5, 5.41) is 4.32. The van der Waals surface area contributed by atoms with Gasteiger partial charge in [-0.05, 0) is 42.7 Å². The topological polar surface area (TPSA) is 108 Å². The first-order valence-electron chi connectivity index (χ1n) is 12.9. The summed E-state index contributed by atoms with van der Waals surface area (Å²) in [6, 6.07) is 10.3. The van der Waals surface area contributed by atoms with Gasteiger partial charge in [0.05, 0.1) is 21.4 Å². The maximum atomic E-state index is 12.8. The van der Waals surface area contributed by atoms with Gasteiger partial charge in [-0.15, -0.1) is 13.2 Å². The zero-order valence-electron chi connectivity index (χ0n) is 24.5. The van der Waals surface area contributed by atoms with Crippen molar-refractivity contribution in [2.75, 3.05) is 17.3 Å². The van der Waals surface area contributed by atoms with Gasteiger partial charge in [0.2, 0.25) is 5.95 Å². The molecular formula is C29H24Cl4F6N6O2S. The van der Waals surface area contributed by atoms with Crippen molar-refractivity contribution in [2.24, 2.45) is 0 Å². The summed E-state index contributed by atoms with van der Waals surface area (Å²) in [7, 11) is 0. The maximum Gasteiger partial charge on any atom is 0.433 e. The van der Waals surface area contributed by atoms with Crippen LogP contribution in [0.4, 0.5) is 43.7 Å². The molecular weight excluding hydrogens is 752 g/mol. The molecule has 0 aliphatic heterocycles. The first kappa shape index (κ1) is 40.5. The Morgan fingerprint density at radius 2 is 1.27 bits per heavy atom. The third-order valence-corrected chi connectivity index (χ3v) is 7.32. The summed E-state index contributed by atoms with van der Waals surface area (Å²) in [6.45, 7) is 7.00. The van der Waals surface area contributed by atoms with Crippen molar-refractivity contribution in [2.45, 2.75) is 30.6 Å². The molecule has 0 atom stereocenters. The number of nitrogens with two attached hydrogens (primary N) is 1. The van der Waals surface area contributed by atoms with E-state index in [2.05, 4.69) is 28.4 Å². The van der Waals surface area contributed by atoms with E-state index in [-0.39, 0.29) is 34.9 Å². The molecule has 0 aliphatic carbocycles. The van der Waals surface area contributed by atoms with Crippen LogP contribution in [0.25, 0.3) is 0 Å². The van der Waals surface area contributed by atoms with Crippen LogP contribution in [0.3, 0.4) is 0 Å². The highest BCUT2D eigenvalue weighted by molar-refractivity contribution is 7.98. The maximum absolute atomic E-state index is 12.8. The highest BCUT2D eigenvalue weighted by atomic mass is 35.5. The lowest BCUT2D eigenvalue weighted by atomic mass is 10.3. The zero-order chi connectivity index (χ0) is 36.4. The second-order valence-corrected chi connectivity index (χ2v) is 11.4. The number of anilines is 3. The monoisotopic (exact) mass is 774 g/mol. The largest absolute Gasteiger partial charge is 0.433 e. The molecule has 258 valence electrons. The summed E-state index contributed by atoms with van der Waals surface area (Å²) in [4.78, 5) is 30.2. The van der Waals surface area contributed by atoms with Crippen molar-refractivity contribution in [3.63, 3.8) is 0 Å². The van der Waals surface area contributed by atoms with Crippen LogP contribution in [0, 0.1) is 0 Å². The SMILES string of the molecule is C=CCn1c(Nc2cc(Cl)ccc2Cl)nc(C(F)(F)F)cc1=O.C=CCn1c(SC)nc(C(F)(F)F)cc1=O.Nc1cc(Cl)ccc1Cl. The second-order valence-electron chi connectivity index (χ2n) is 8.98. The van der Waals surface area contributed by atoms with Crippen molar-refractivity contribution in [3.8, 4) is 0 Å². The summed E-state index contributed by atoms with van der Waals surface area (Å²) in [5.41, 5.74) is 2.08. The molecule has 2 aromatic heterocycles. The molecule has 0 unspecified atom stereocenters. The van der Waals surface area contributed by atoms with E-state index in [1.807, 2.05) is 0 Å². The van der Waals surface area contributed by atoms with E-state index in [9.17, 15) is 35.9 Å². The lowest BCUT2D eigenvalue weighted by Crippen LogP contribution is -2.26. The van der Waals surface area contributed by atoms with Crippen LogP contribution in [0.2, 0.25) is 20.1 Å². The van der Waals surface area contributed by atoms with Gasteiger partial charge in [0.15, 0.2) is 16.5 Å². The summed E-state index contributed by atoms with van der Waals surface area (Å²) in [6.07, 6.45) is -5.00. The molecule has 0 fully saturated rings. The van der Waals surface area contributed by atoms with Crippen LogP contribution in [0.1, 0.15) is 11.4 Å². The molecule has 2 aromatic carbocycles. The van der Waals surface area contributed by atoms with E-state index in [0.717, 1.165) is 20.9 Å². The van der Waals surface area contributed by atoms with E-state index in [1.54, 1.807) is 24.5 Å². The highest BCUT2D eigenvalue weighted by Crippen LogP contribution is 2.31. The predicted octanol–water partition coefficient (Wildman–Crippen LogP) is 9.24. The van der Waals surface area contributed by atoms with Crippen LogP contribution in [0.15, 0.2) is 88.6 Å². The zero-order valence-corrected chi connectivity index (χ0v) is 28.3. The van der Waals surface area contributed by atoms with E-state index < -0.39 is 34.9 Å². The first-order valence-corrected chi connectivity index (χ1v) is 15.6. The van der Waals surface area contributed by atoms with E-state index in [4.69, 9.17) is 52.1 Å². The van der Waals surface area contributed by atoms with Gasteiger partial charge in [0.25, 0.3) is 11.1 Å². The number of alkyl halides is 6. The van der Waals surface area contributed by atoms with Gasteiger partial charge in [0.1, 0.15) is 0 Å². The summed E-state index contributed by atoms with van der Waals surface area (Å²) in [5.74, 6) is -0.311. The molecule has 0 saturated heterocycles. The van der Waals surface area contributed by atoms with Crippen molar-refractivity contribution in [1.82, 2.24) is 19.1 Å². The van der Waals surface area contributed by atoms with Crippen molar-refractivity contribution in [1.29, 1.82) is 0 Å². The number of nitrogens with zero attached hydrogens (tertiary/aromatic N) is 4. The molecule has 0 spiro atoms. The number of nitrogen functional groups attached to an aromatic ring is 1. The Balaban J connectivity index is 0.000000276. The number of halogens is 10. The Labute approximate surface area is 293 Å². The molecule has 4 aromatic rings. The third-order valence-electron chi connectivity index (χ3n) is 5.50. The summed E-state index contributed by atoms with van der Waals surface area (Å²) < 4.78 is 77.7. The Hall–Kier alpha value is -3.63. The summed E-state index contributed by atoms with van der Waals surface area (Å²) >= 11 is 24.0. The van der Waals surface area contributed by atoms with Gasteiger partial charge in [-0.3, -0.25) is 18.7 Å². The fourth-order valence-electron chi connectivity index (χ4n) is 3.36. The second kappa shape index (κ2) is 17.7. The number of aromatic nitrogens is 4. The predicted molar refractivity (Wildman–Crippen MR) is 180 cm³/mol. The fraction of sp³-hybridized carbons (Fsp3) is 0.172. The lowest BCUT2D eigenvalue weighted by Gasteiger charge is -2.15. The first-order chi connectivity index (χ1) is 22.3. The van der Waals surface area contributed by atoms with Crippen LogP contribution in [0.5, 0.6) is 0 Å². The molecule has 8 nitrogen and oxygen atoms in total. The molecule has 0 radical (unpaired) electrons. The molecule has 0 aliphatic rings. The molecule has 0 amide bonds. The van der Waals surface area contributed by atoms with Gasteiger partial charge in [0, 0.05) is 35.3 Å². The average Bonchev–Trinajstić information content (AvgIpc) is 2.99. The molecule has 19 heteroatoms. The number of thioether (sulfide) groups is 1. The Morgan fingerprint density at radius 1 is 0.792 bits per heavy atom. The highest BCUT2D eigenvalue weighted by Gasteiger charge is 2.35. The average molecular weight is 776 g/mol. The number of allylic oxidation sites excluding steroid dienone is 2. The van der Waals surface area contributed by atoms with Gasteiger partial charge >= 0.3 is 12.4 Å². The minimum absolute atomic E-state index is 0.0233. The molecule has 0 bridgehead atoms. The standard InChI is InChI=1S/C14H10Cl2F3N3O.C9H9F3N2OS.C6H5Cl2N/c1-2-5-22-12(23)7-11(14(17,18)19)21-13(22)20-10-6-8(15)3-4-9(10)16;1-3-4-14-7(15)5-6(9(10,11)12)13-8(14)16-2;7-4-1-2-5(8)6(9)3-4/h2-4,6-7H,1,5H2,(H,20,21);3,5H,1,4H2,2H3;1-3H,9H2. The number of nitrogens with one attached hydrogen (secondary N) is 1. The lowest BCUT2D eigenvalue weighted by molar-refractivity contribution is -0.142. The molecule has 48 heavy (non-hydrogen) atoms. The quantitative estimate of drug-likeness (QED) is 0.0634. The van der Waals surface area contributed by atoms with Crippen LogP contribution >= 0.6 is 58.2 Å². The Morgan fingerprint density at radius 3 is 1.75 bits per heavy atom. The minimum atomic E-state index is -4.75. The van der Waals surface area contributed by atoms with Gasteiger partial charge in [-0.2, -0.15) is 26.3 Å². The molecule has 4 rings (SSSR count). The Kier molecular flexibility index (Phi) is 14.9. The Bertz CT molecular complexity index is 1880. The van der Waals surface area contributed by atoms with Crippen LogP contribution in [-0.4, -0.2) is 25.4 Å². The van der Waals surface area contributed by atoms with E-state index in [0.29, 0.717) is 32.9 Å². The molecule has 0 saturated carbocycles. The fourth-order valence-corrected chi connectivity index (χ4v) is 4.57. The normalized spacial score (nSPS) is 11.1. The smallest absolute Gasteiger partial charge is 0.397 e. The van der Waals surface area contributed by atoms with Crippen LogP contribution < -0.4 is 22.2 Å². The number of benzene rings is 2. The number of hydrogen-bond acceptors (Lipinski definition) is 7. The molecule has 3 N–H and O–H groups in total. The minimum Gasteiger partial charge on any atom is -0.397 e. The number of hydrogen-bond donors (Lipinski definition) is 2. The van der Waals surface area contributed by atoms with E-state index in [1.165, 1.54) is 30.4 Å². The van der Waals surface area contributed by atoms with Crippen molar-refractivity contribution >= 4 is 75.5 Å².